The Morgan fingerprint density at radius 3 is 1.77 bits per heavy atom. The third kappa shape index (κ3) is 24.6. The van der Waals surface area contributed by atoms with Crippen molar-refractivity contribution in [2.24, 2.45) is 5.11 Å². The standard InChI is InChI=1S/C19H38N4O7/c1-19(2,3)30-18(24)4-8-25-12-16-29-17-15-27-10-6-21-5-9-26-13-14-28-11-7-22-23-20/h21H,4-17H2,1-3H3. The highest BCUT2D eigenvalue weighted by Crippen LogP contribution is 2.07. The second-order valence-corrected chi connectivity index (χ2v) is 7.10. The van der Waals surface area contributed by atoms with Crippen molar-refractivity contribution in [1.82, 2.24) is 5.32 Å². The fraction of sp³-hybridized carbons (Fsp3) is 0.947. The van der Waals surface area contributed by atoms with Gasteiger partial charge in [-0.3, -0.25) is 4.79 Å². The average Bonchev–Trinajstić information content (AvgIpc) is 2.68. The van der Waals surface area contributed by atoms with E-state index in [-0.39, 0.29) is 12.4 Å². The van der Waals surface area contributed by atoms with Crippen LogP contribution in [0.25, 0.3) is 10.4 Å². The molecule has 0 saturated carbocycles. The van der Waals surface area contributed by atoms with E-state index in [9.17, 15) is 4.79 Å². The smallest absolute Gasteiger partial charge is 0.308 e. The predicted molar refractivity (Wildman–Crippen MR) is 111 cm³/mol. The summed E-state index contributed by atoms with van der Waals surface area (Å²) in [7, 11) is 0. The molecular formula is C19H38N4O7. The highest BCUT2D eigenvalue weighted by Gasteiger charge is 2.15. The van der Waals surface area contributed by atoms with Crippen LogP contribution in [0.5, 0.6) is 0 Å². The normalized spacial score (nSPS) is 11.3. The third-order valence-electron chi connectivity index (χ3n) is 3.23. The van der Waals surface area contributed by atoms with E-state index in [1.807, 2.05) is 20.8 Å². The van der Waals surface area contributed by atoms with E-state index in [0.29, 0.717) is 72.6 Å². The maximum absolute atomic E-state index is 11.5. The van der Waals surface area contributed by atoms with Gasteiger partial charge in [0.25, 0.3) is 0 Å². The molecule has 0 aromatic heterocycles. The Morgan fingerprint density at radius 2 is 1.27 bits per heavy atom. The maximum Gasteiger partial charge on any atom is 0.308 e. The predicted octanol–water partition coefficient (Wildman–Crippen LogP) is 1.70. The molecule has 0 heterocycles. The van der Waals surface area contributed by atoms with E-state index >= 15 is 0 Å². The quantitative estimate of drug-likeness (QED) is 0.0949. The van der Waals surface area contributed by atoms with Crippen LogP contribution in [0.4, 0.5) is 0 Å². The molecule has 0 saturated heterocycles. The van der Waals surface area contributed by atoms with E-state index < -0.39 is 5.60 Å². The summed E-state index contributed by atoms with van der Waals surface area (Å²) in [6, 6.07) is 0. The van der Waals surface area contributed by atoms with Crippen molar-refractivity contribution in [1.29, 1.82) is 0 Å². The summed E-state index contributed by atoms with van der Waals surface area (Å²) in [5, 5.41) is 6.57. The number of esters is 1. The van der Waals surface area contributed by atoms with Gasteiger partial charge in [-0.25, -0.2) is 0 Å². The molecule has 0 bridgehead atoms. The van der Waals surface area contributed by atoms with E-state index in [1.165, 1.54) is 0 Å². The van der Waals surface area contributed by atoms with Gasteiger partial charge in [0.1, 0.15) is 5.60 Å². The van der Waals surface area contributed by atoms with Gasteiger partial charge in [-0.1, -0.05) is 5.11 Å². The molecular weight excluding hydrogens is 396 g/mol. The zero-order valence-electron chi connectivity index (χ0n) is 18.6. The van der Waals surface area contributed by atoms with Gasteiger partial charge < -0.3 is 33.7 Å². The Hall–Kier alpha value is -1.46. The molecule has 0 spiro atoms. The highest BCUT2D eigenvalue weighted by molar-refractivity contribution is 5.69. The van der Waals surface area contributed by atoms with Gasteiger partial charge in [0, 0.05) is 24.5 Å². The minimum absolute atomic E-state index is 0.241. The van der Waals surface area contributed by atoms with Crippen LogP contribution in [0.15, 0.2) is 5.11 Å². The van der Waals surface area contributed by atoms with Crippen LogP contribution < -0.4 is 5.32 Å². The minimum Gasteiger partial charge on any atom is -0.460 e. The number of ether oxygens (including phenoxy) is 6. The number of hydrogen-bond donors (Lipinski definition) is 1. The van der Waals surface area contributed by atoms with Crippen LogP contribution in [0.2, 0.25) is 0 Å². The second kappa shape index (κ2) is 20.8. The monoisotopic (exact) mass is 434 g/mol. The summed E-state index contributed by atoms with van der Waals surface area (Å²) in [5.74, 6) is -0.259. The van der Waals surface area contributed by atoms with Crippen molar-refractivity contribution in [2.75, 3.05) is 85.7 Å². The van der Waals surface area contributed by atoms with E-state index in [0.717, 1.165) is 13.1 Å². The summed E-state index contributed by atoms with van der Waals surface area (Å²) in [6.07, 6.45) is 0.241. The van der Waals surface area contributed by atoms with Gasteiger partial charge in [-0.2, -0.15) is 0 Å². The molecule has 1 N–H and O–H groups in total. The number of azide groups is 1. The molecule has 176 valence electrons. The lowest BCUT2D eigenvalue weighted by Gasteiger charge is -2.19. The largest absolute Gasteiger partial charge is 0.460 e. The minimum atomic E-state index is -0.463. The zero-order chi connectivity index (χ0) is 22.3. The Labute approximate surface area is 179 Å². The molecule has 0 rings (SSSR count). The maximum atomic E-state index is 11.5. The van der Waals surface area contributed by atoms with Crippen molar-refractivity contribution in [3.63, 3.8) is 0 Å². The Bertz CT molecular complexity index is 455. The molecule has 0 aromatic rings. The molecule has 0 aliphatic rings. The summed E-state index contributed by atoms with van der Waals surface area (Å²) in [6.45, 7) is 12.2. The molecule has 30 heavy (non-hydrogen) atoms. The van der Waals surface area contributed by atoms with Gasteiger partial charge >= 0.3 is 5.97 Å². The van der Waals surface area contributed by atoms with Crippen LogP contribution in [0.1, 0.15) is 27.2 Å². The molecule has 0 amide bonds. The summed E-state index contributed by atoms with van der Waals surface area (Å²) >= 11 is 0. The number of nitrogens with zero attached hydrogens (tertiary/aromatic N) is 3. The summed E-state index contributed by atoms with van der Waals surface area (Å²) in [4.78, 5) is 14.1. The number of hydrogen-bond acceptors (Lipinski definition) is 9. The number of carbonyl (C=O) groups is 1. The molecule has 0 aromatic carbocycles. The Balaban J connectivity index is 3.13. The van der Waals surface area contributed by atoms with Crippen molar-refractivity contribution >= 4 is 5.97 Å². The topological polar surface area (TPSA) is 133 Å². The van der Waals surface area contributed by atoms with E-state index in [2.05, 4.69) is 15.3 Å². The van der Waals surface area contributed by atoms with Gasteiger partial charge in [-0.15, -0.1) is 0 Å². The lowest BCUT2D eigenvalue weighted by Crippen LogP contribution is -2.25. The van der Waals surface area contributed by atoms with Crippen molar-refractivity contribution < 1.29 is 33.2 Å². The lowest BCUT2D eigenvalue weighted by atomic mass is 10.2. The first-order valence-electron chi connectivity index (χ1n) is 10.3. The van der Waals surface area contributed by atoms with Gasteiger partial charge in [0.05, 0.1) is 72.5 Å². The number of carbonyl (C=O) groups excluding carboxylic acids is 1. The highest BCUT2D eigenvalue weighted by atomic mass is 16.6. The van der Waals surface area contributed by atoms with Crippen LogP contribution in [-0.2, 0) is 33.2 Å². The third-order valence-corrected chi connectivity index (χ3v) is 3.23. The first-order chi connectivity index (χ1) is 14.5. The number of nitrogens with one attached hydrogen (secondary N) is 1. The molecule has 0 atom stereocenters. The summed E-state index contributed by atoms with van der Waals surface area (Å²) in [5.41, 5.74) is 7.63. The van der Waals surface area contributed by atoms with Gasteiger partial charge in [0.15, 0.2) is 0 Å². The molecule has 11 nitrogen and oxygen atoms in total. The van der Waals surface area contributed by atoms with Crippen LogP contribution >= 0.6 is 0 Å². The molecule has 0 fully saturated rings. The number of rotatable bonds is 21. The van der Waals surface area contributed by atoms with Crippen molar-refractivity contribution in [3.05, 3.63) is 10.4 Å². The van der Waals surface area contributed by atoms with Crippen LogP contribution in [0.3, 0.4) is 0 Å². The van der Waals surface area contributed by atoms with Crippen LogP contribution in [-0.4, -0.2) is 97.3 Å². The van der Waals surface area contributed by atoms with E-state index in [1.54, 1.807) is 0 Å². The van der Waals surface area contributed by atoms with Crippen molar-refractivity contribution in [3.8, 4) is 0 Å². The average molecular weight is 435 g/mol. The zero-order valence-corrected chi connectivity index (χ0v) is 18.6. The molecule has 0 unspecified atom stereocenters. The fourth-order valence-electron chi connectivity index (χ4n) is 1.98. The molecule has 0 radical (unpaired) electrons. The Kier molecular flexibility index (Phi) is 19.8. The second-order valence-electron chi connectivity index (χ2n) is 7.10. The molecule has 0 aliphatic carbocycles. The molecule has 11 heteroatoms. The van der Waals surface area contributed by atoms with Gasteiger partial charge in [-0.05, 0) is 26.3 Å². The first-order valence-corrected chi connectivity index (χ1v) is 10.3. The fourth-order valence-corrected chi connectivity index (χ4v) is 1.98. The SMILES string of the molecule is CC(C)(C)OC(=O)CCOCCOCCOCCNCCOCCOCCN=[N+]=[N-]. The lowest BCUT2D eigenvalue weighted by molar-refractivity contribution is -0.156. The Morgan fingerprint density at radius 1 is 0.800 bits per heavy atom. The summed E-state index contributed by atoms with van der Waals surface area (Å²) < 4.78 is 32.0. The van der Waals surface area contributed by atoms with Gasteiger partial charge in [0.2, 0.25) is 0 Å². The van der Waals surface area contributed by atoms with Crippen molar-refractivity contribution in [2.45, 2.75) is 32.8 Å². The van der Waals surface area contributed by atoms with Crippen LogP contribution in [0, 0.1) is 0 Å². The van der Waals surface area contributed by atoms with E-state index in [4.69, 9.17) is 34.0 Å². The first kappa shape index (κ1) is 28.5. The molecule has 0 aliphatic heterocycles.